The van der Waals surface area contributed by atoms with E-state index in [0.29, 0.717) is 50.3 Å². The number of likely N-dealkylation sites (tertiary alicyclic amines) is 1. The van der Waals surface area contributed by atoms with Crippen molar-refractivity contribution in [2.45, 2.75) is 59.1 Å². The minimum Gasteiger partial charge on any atom is -0.444 e. The summed E-state index contributed by atoms with van der Waals surface area (Å²) >= 11 is 1.75. The van der Waals surface area contributed by atoms with Crippen LogP contribution in [0.4, 0.5) is 10.5 Å². The van der Waals surface area contributed by atoms with Gasteiger partial charge in [0.15, 0.2) is 0 Å². The lowest BCUT2D eigenvalue weighted by Crippen LogP contribution is -2.43. The average Bonchev–Trinajstić information content (AvgIpc) is 3.27. The van der Waals surface area contributed by atoms with Gasteiger partial charge in [-0.1, -0.05) is 6.07 Å². The molecule has 1 aromatic carbocycles. The lowest BCUT2D eigenvalue weighted by molar-refractivity contribution is -0.121. The number of anilines is 1. The first-order chi connectivity index (χ1) is 16.1. The number of hydrogen-bond acceptors (Lipinski definition) is 5. The molecule has 4 rings (SSSR count). The van der Waals surface area contributed by atoms with E-state index < -0.39 is 5.60 Å². The van der Waals surface area contributed by atoms with Gasteiger partial charge in [0.1, 0.15) is 5.60 Å². The van der Waals surface area contributed by atoms with E-state index in [0.717, 1.165) is 12.0 Å². The molecule has 1 aromatic heterocycles. The molecule has 2 aliphatic rings. The molecule has 0 spiro atoms. The molecule has 0 unspecified atom stereocenters. The van der Waals surface area contributed by atoms with Crippen LogP contribution in [0.2, 0.25) is 0 Å². The van der Waals surface area contributed by atoms with Gasteiger partial charge in [0.05, 0.1) is 0 Å². The van der Waals surface area contributed by atoms with Gasteiger partial charge in [0.2, 0.25) is 5.91 Å². The Bertz CT molecular complexity index is 1080. The SMILES string of the molecule is Cc1c(NC(=O)C2CCN(C(=O)OC(C)(C)C)CC2)cccc1C(=O)N1CCc2sccc2C1. The molecule has 0 saturated carbocycles. The van der Waals surface area contributed by atoms with Crippen molar-refractivity contribution in [3.63, 3.8) is 0 Å². The summed E-state index contributed by atoms with van der Waals surface area (Å²) in [4.78, 5) is 43.4. The number of nitrogens with zero attached hydrogens (tertiary/aromatic N) is 2. The van der Waals surface area contributed by atoms with Crippen molar-refractivity contribution in [2.75, 3.05) is 25.0 Å². The van der Waals surface area contributed by atoms with Crippen LogP contribution in [-0.2, 0) is 22.5 Å². The Morgan fingerprint density at radius 3 is 2.50 bits per heavy atom. The van der Waals surface area contributed by atoms with Crippen LogP contribution in [0.3, 0.4) is 0 Å². The van der Waals surface area contributed by atoms with Crippen LogP contribution in [-0.4, -0.2) is 52.9 Å². The van der Waals surface area contributed by atoms with Crippen LogP contribution in [0.15, 0.2) is 29.6 Å². The molecule has 3 amide bonds. The molecule has 0 atom stereocenters. The van der Waals surface area contributed by atoms with E-state index >= 15 is 0 Å². The third-order valence-electron chi connectivity index (χ3n) is 6.43. The summed E-state index contributed by atoms with van der Waals surface area (Å²) in [6, 6.07) is 7.58. The van der Waals surface area contributed by atoms with Crippen LogP contribution in [0, 0.1) is 12.8 Å². The van der Waals surface area contributed by atoms with Crippen LogP contribution in [0.5, 0.6) is 0 Å². The Morgan fingerprint density at radius 2 is 1.79 bits per heavy atom. The first-order valence-corrected chi connectivity index (χ1v) is 12.7. The molecule has 3 heterocycles. The number of hydrogen-bond donors (Lipinski definition) is 1. The fraction of sp³-hybridized carbons (Fsp3) is 0.500. The Hall–Kier alpha value is -2.87. The number of amides is 3. The van der Waals surface area contributed by atoms with E-state index in [4.69, 9.17) is 4.74 Å². The highest BCUT2D eigenvalue weighted by Gasteiger charge is 2.30. The molecular weight excluding hydrogens is 450 g/mol. The molecular formula is C26H33N3O4S. The summed E-state index contributed by atoms with van der Waals surface area (Å²) in [5.41, 5.74) is 2.76. The normalized spacial score (nSPS) is 16.7. The zero-order valence-corrected chi connectivity index (χ0v) is 21.2. The van der Waals surface area contributed by atoms with Gasteiger partial charge in [0, 0.05) is 48.2 Å². The van der Waals surface area contributed by atoms with Crippen molar-refractivity contribution in [3.8, 4) is 0 Å². The Balaban J connectivity index is 1.37. The quantitative estimate of drug-likeness (QED) is 0.678. The zero-order valence-electron chi connectivity index (χ0n) is 20.3. The number of carbonyl (C=O) groups excluding carboxylic acids is 3. The van der Waals surface area contributed by atoms with Gasteiger partial charge in [-0.25, -0.2) is 4.79 Å². The van der Waals surface area contributed by atoms with Crippen LogP contribution >= 0.6 is 11.3 Å². The van der Waals surface area contributed by atoms with E-state index in [2.05, 4.69) is 16.8 Å². The van der Waals surface area contributed by atoms with Crippen molar-refractivity contribution in [2.24, 2.45) is 5.92 Å². The van der Waals surface area contributed by atoms with Crippen molar-refractivity contribution < 1.29 is 19.1 Å². The van der Waals surface area contributed by atoms with Gasteiger partial charge in [-0.05, 0) is 81.7 Å². The van der Waals surface area contributed by atoms with Gasteiger partial charge in [-0.3, -0.25) is 9.59 Å². The predicted octanol–water partition coefficient (Wildman–Crippen LogP) is 4.84. The summed E-state index contributed by atoms with van der Waals surface area (Å²) in [5.74, 6) is -0.259. The molecule has 1 N–H and O–H groups in total. The zero-order chi connectivity index (χ0) is 24.5. The average molecular weight is 484 g/mol. The van der Waals surface area contributed by atoms with Crippen molar-refractivity contribution in [3.05, 3.63) is 51.2 Å². The molecule has 8 heteroatoms. The maximum Gasteiger partial charge on any atom is 0.410 e. The highest BCUT2D eigenvalue weighted by Crippen LogP contribution is 2.28. The Labute approximate surface area is 205 Å². The van der Waals surface area contributed by atoms with Gasteiger partial charge in [-0.2, -0.15) is 0 Å². The molecule has 182 valence electrons. The second kappa shape index (κ2) is 9.78. The van der Waals surface area contributed by atoms with Crippen LogP contribution in [0.25, 0.3) is 0 Å². The Morgan fingerprint density at radius 1 is 1.06 bits per heavy atom. The maximum atomic E-state index is 13.3. The lowest BCUT2D eigenvalue weighted by atomic mass is 9.95. The largest absolute Gasteiger partial charge is 0.444 e. The molecule has 34 heavy (non-hydrogen) atoms. The molecule has 0 bridgehead atoms. The Kier molecular flexibility index (Phi) is 6.98. The standard InChI is InChI=1S/C26H33N3O4S/c1-17-20(24(31)29-14-10-22-19(16-29)11-15-34-22)6-5-7-21(17)27-23(30)18-8-12-28(13-9-18)25(32)33-26(2,3)4/h5-7,11,15,18H,8-10,12-14,16H2,1-4H3,(H,27,30). The summed E-state index contributed by atoms with van der Waals surface area (Å²) < 4.78 is 5.44. The monoisotopic (exact) mass is 483 g/mol. The fourth-order valence-electron chi connectivity index (χ4n) is 4.48. The molecule has 7 nitrogen and oxygen atoms in total. The second-order valence-corrected chi connectivity index (χ2v) is 11.1. The first kappa shape index (κ1) is 24.3. The summed E-state index contributed by atoms with van der Waals surface area (Å²) in [6.45, 7) is 9.73. The van der Waals surface area contributed by atoms with Crippen LogP contribution < -0.4 is 5.32 Å². The molecule has 2 aromatic rings. The van der Waals surface area contributed by atoms with Gasteiger partial charge in [0.25, 0.3) is 5.91 Å². The van der Waals surface area contributed by atoms with E-state index in [1.165, 1.54) is 10.4 Å². The van der Waals surface area contributed by atoms with E-state index in [-0.39, 0.29) is 23.8 Å². The summed E-state index contributed by atoms with van der Waals surface area (Å²) in [6.07, 6.45) is 1.72. The fourth-order valence-corrected chi connectivity index (χ4v) is 5.37. The number of benzene rings is 1. The molecule has 0 radical (unpaired) electrons. The first-order valence-electron chi connectivity index (χ1n) is 11.9. The van der Waals surface area contributed by atoms with Gasteiger partial charge >= 0.3 is 6.09 Å². The number of nitrogens with one attached hydrogen (secondary N) is 1. The molecule has 1 fully saturated rings. The maximum absolute atomic E-state index is 13.3. The van der Waals surface area contributed by atoms with Crippen LogP contribution in [0.1, 0.15) is 60.0 Å². The van der Waals surface area contributed by atoms with Crippen molar-refractivity contribution in [1.82, 2.24) is 9.80 Å². The number of piperidine rings is 1. The minimum absolute atomic E-state index is 0.00359. The molecule has 0 aliphatic carbocycles. The second-order valence-electron chi connectivity index (χ2n) is 10.1. The molecule has 2 aliphatic heterocycles. The van der Waals surface area contributed by atoms with Gasteiger partial charge < -0.3 is 19.9 Å². The van der Waals surface area contributed by atoms with E-state index in [9.17, 15) is 14.4 Å². The number of carbonyl (C=O) groups is 3. The van der Waals surface area contributed by atoms with Gasteiger partial charge in [-0.15, -0.1) is 11.3 Å². The number of thiophene rings is 1. The van der Waals surface area contributed by atoms with Crippen molar-refractivity contribution in [1.29, 1.82) is 0 Å². The smallest absolute Gasteiger partial charge is 0.410 e. The lowest BCUT2D eigenvalue weighted by Gasteiger charge is -2.33. The number of ether oxygens (including phenoxy) is 1. The highest BCUT2D eigenvalue weighted by atomic mass is 32.1. The topological polar surface area (TPSA) is 79.0 Å². The van der Waals surface area contributed by atoms with Crippen molar-refractivity contribution >= 4 is 34.9 Å². The minimum atomic E-state index is -0.536. The number of rotatable bonds is 3. The van der Waals surface area contributed by atoms with E-state index in [1.54, 1.807) is 16.2 Å². The summed E-state index contributed by atoms with van der Waals surface area (Å²) in [5, 5.41) is 5.11. The summed E-state index contributed by atoms with van der Waals surface area (Å²) in [7, 11) is 0. The predicted molar refractivity (Wildman–Crippen MR) is 133 cm³/mol. The third kappa shape index (κ3) is 5.43. The van der Waals surface area contributed by atoms with E-state index in [1.807, 2.05) is 50.8 Å². The molecule has 1 saturated heterocycles. The third-order valence-corrected chi connectivity index (χ3v) is 7.46. The highest BCUT2D eigenvalue weighted by molar-refractivity contribution is 7.10. The number of fused-ring (bicyclic) bond motifs is 1.